The van der Waals surface area contributed by atoms with Gasteiger partial charge in [-0.15, -0.1) is 0 Å². The van der Waals surface area contributed by atoms with Crippen molar-refractivity contribution in [1.29, 1.82) is 0 Å². The van der Waals surface area contributed by atoms with Gasteiger partial charge in [0.15, 0.2) is 0 Å². The molecule has 0 saturated heterocycles. The van der Waals surface area contributed by atoms with Gasteiger partial charge in [0, 0.05) is 13.0 Å². The summed E-state index contributed by atoms with van der Waals surface area (Å²) in [5, 5.41) is 6.21. The van der Waals surface area contributed by atoms with Crippen LogP contribution in [-0.2, 0) is 4.79 Å². The fourth-order valence-corrected chi connectivity index (χ4v) is 1.90. The number of methoxy groups -OCH3 is 1. The maximum atomic E-state index is 11.8. The Morgan fingerprint density at radius 1 is 1.26 bits per heavy atom. The third-order valence-electron chi connectivity index (χ3n) is 3.04. The predicted octanol–water partition coefficient (Wildman–Crippen LogP) is 2.26. The van der Waals surface area contributed by atoms with Crippen LogP contribution in [0.2, 0.25) is 0 Å². The molecule has 4 nitrogen and oxygen atoms in total. The standard InChI is InChI=1S/C15H24N2O2/c1-4-14(17-15(18)10-11-16-5-2)12-6-8-13(19-3)9-7-12/h6-9,14,16H,4-5,10-11H2,1-3H3,(H,17,18). The molecule has 1 unspecified atom stereocenters. The molecule has 0 spiro atoms. The van der Waals surface area contributed by atoms with E-state index < -0.39 is 0 Å². The van der Waals surface area contributed by atoms with Crippen molar-refractivity contribution in [2.24, 2.45) is 0 Å². The third-order valence-corrected chi connectivity index (χ3v) is 3.04. The van der Waals surface area contributed by atoms with E-state index in [9.17, 15) is 4.79 Å². The lowest BCUT2D eigenvalue weighted by Gasteiger charge is -2.18. The van der Waals surface area contributed by atoms with Crippen molar-refractivity contribution in [2.45, 2.75) is 32.7 Å². The van der Waals surface area contributed by atoms with Gasteiger partial charge >= 0.3 is 0 Å². The zero-order valence-electron chi connectivity index (χ0n) is 12.0. The second kappa shape index (κ2) is 8.53. The third kappa shape index (κ3) is 5.30. The molecule has 2 N–H and O–H groups in total. The molecule has 0 radical (unpaired) electrons. The van der Waals surface area contributed by atoms with E-state index >= 15 is 0 Å². The van der Waals surface area contributed by atoms with E-state index in [1.165, 1.54) is 0 Å². The molecular weight excluding hydrogens is 240 g/mol. The number of carbonyl (C=O) groups excluding carboxylic acids is 1. The molecule has 106 valence electrons. The molecule has 0 bridgehead atoms. The van der Waals surface area contributed by atoms with Crippen LogP contribution in [0.1, 0.15) is 38.3 Å². The molecule has 1 aromatic carbocycles. The number of hydrogen-bond donors (Lipinski definition) is 2. The van der Waals surface area contributed by atoms with E-state index in [0.29, 0.717) is 6.42 Å². The van der Waals surface area contributed by atoms with E-state index in [4.69, 9.17) is 4.74 Å². The zero-order valence-corrected chi connectivity index (χ0v) is 12.0. The fourth-order valence-electron chi connectivity index (χ4n) is 1.90. The zero-order chi connectivity index (χ0) is 14.1. The minimum atomic E-state index is 0.0695. The molecule has 0 aliphatic carbocycles. The summed E-state index contributed by atoms with van der Waals surface area (Å²) in [6, 6.07) is 7.90. The molecular formula is C15H24N2O2. The average Bonchev–Trinajstić information content (AvgIpc) is 2.45. The van der Waals surface area contributed by atoms with Gasteiger partial charge in [-0.3, -0.25) is 4.79 Å². The molecule has 0 aromatic heterocycles. The predicted molar refractivity (Wildman–Crippen MR) is 77.3 cm³/mol. The van der Waals surface area contributed by atoms with Gasteiger partial charge in [0.2, 0.25) is 5.91 Å². The van der Waals surface area contributed by atoms with Crippen LogP contribution >= 0.6 is 0 Å². The maximum Gasteiger partial charge on any atom is 0.221 e. The number of benzene rings is 1. The molecule has 4 heteroatoms. The number of ether oxygens (including phenoxy) is 1. The van der Waals surface area contributed by atoms with Gasteiger partial charge < -0.3 is 15.4 Å². The lowest BCUT2D eigenvalue weighted by molar-refractivity contribution is -0.121. The van der Waals surface area contributed by atoms with Gasteiger partial charge in [0.25, 0.3) is 0 Å². The van der Waals surface area contributed by atoms with Crippen LogP contribution in [0.15, 0.2) is 24.3 Å². The Morgan fingerprint density at radius 2 is 1.95 bits per heavy atom. The molecule has 1 rings (SSSR count). The number of rotatable bonds is 8. The van der Waals surface area contributed by atoms with Crippen molar-refractivity contribution >= 4 is 5.91 Å². The highest BCUT2D eigenvalue weighted by Crippen LogP contribution is 2.20. The van der Waals surface area contributed by atoms with Crippen molar-refractivity contribution in [3.8, 4) is 5.75 Å². The first kappa shape index (κ1) is 15.5. The first-order valence-corrected chi connectivity index (χ1v) is 6.85. The Hall–Kier alpha value is -1.55. The van der Waals surface area contributed by atoms with Crippen molar-refractivity contribution in [1.82, 2.24) is 10.6 Å². The summed E-state index contributed by atoms with van der Waals surface area (Å²) in [5.74, 6) is 0.917. The topological polar surface area (TPSA) is 50.4 Å². The van der Waals surface area contributed by atoms with Crippen molar-refractivity contribution < 1.29 is 9.53 Å². The molecule has 1 aromatic rings. The summed E-state index contributed by atoms with van der Waals surface area (Å²) in [4.78, 5) is 11.8. The first-order valence-electron chi connectivity index (χ1n) is 6.85. The highest BCUT2D eigenvalue weighted by atomic mass is 16.5. The Balaban J connectivity index is 2.54. The second-order valence-electron chi connectivity index (χ2n) is 4.41. The van der Waals surface area contributed by atoms with E-state index in [-0.39, 0.29) is 11.9 Å². The van der Waals surface area contributed by atoms with Gasteiger partial charge in [0.05, 0.1) is 13.2 Å². The highest BCUT2D eigenvalue weighted by molar-refractivity contribution is 5.76. The van der Waals surface area contributed by atoms with Crippen molar-refractivity contribution in [3.05, 3.63) is 29.8 Å². The van der Waals surface area contributed by atoms with Crippen LogP contribution in [0.3, 0.4) is 0 Å². The molecule has 1 atom stereocenters. The van der Waals surface area contributed by atoms with E-state index in [1.807, 2.05) is 31.2 Å². The lowest BCUT2D eigenvalue weighted by atomic mass is 10.0. The van der Waals surface area contributed by atoms with Gasteiger partial charge in [-0.25, -0.2) is 0 Å². The number of carbonyl (C=O) groups is 1. The number of nitrogens with one attached hydrogen (secondary N) is 2. The molecule has 0 heterocycles. The number of amides is 1. The highest BCUT2D eigenvalue weighted by Gasteiger charge is 2.12. The molecule has 1 amide bonds. The van der Waals surface area contributed by atoms with Crippen LogP contribution in [0.5, 0.6) is 5.75 Å². The summed E-state index contributed by atoms with van der Waals surface area (Å²) >= 11 is 0. The Kier molecular flexibility index (Phi) is 6.97. The average molecular weight is 264 g/mol. The molecule has 19 heavy (non-hydrogen) atoms. The number of hydrogen-bond acceptors (Lipinski definition) is 3. The largest absolute Gasteiger partial charge is 0.497 e. The van der Waals surface area contributed by atoms with Crippen LogP contribution in [0.25, 0.3) is 0 Å². The summed E-state index contributed by atoms with van der Waals surface area (Å²) in [7, 11) is 1.65. The monoisotopic (exact) mass is 264 g/mol. The van der Waals surface area contributed by atoms with Crippen LogP contribution in [-0.4, -0.2) is 26.1 Å². The fraction of sp³-hybridized carbons (Fsp3) is 0.533. The molecule has 0 saturated carbocycles. The normalized spacial score (nSPS) is 11.9. The van der Waals surface area contributed by atoms with E-state index in [0.717, 1.165) is 30.8 Å². The van der Waals surface area contributed by atoms with Crippen molar-refractivity contribution in [2.75, 3.05) is 20.2 Å². The smallest absolute Gasteiger partial charge is 0.221 e. The second-order valence-corrected chi connectivity index (χ2v) is 4.41. The minimum Gasteiger partial charge on any atom is -0.497 e. The summed E-state index contributed by atoms with van der Waals surface area (Å²) in [6.45, 7) is 5.72. The van der Waals surface area contributed by atoms with Gasteiger partial charge in [-0.05, 0) is 30.7 Å². The first-order chi connectivity index (χ1) is 9.21. The van der Waals surface area contributed by atoms with E-state index in [2.05, 4.69) is 17.6 Å². The molecule has 0 aliphatic heterocycles. The van der Waals surface area contributed by atoms with E-state index in [1.54, 1.807) is 7.11 Å². The Bertz CT molecular complexity index is 376. The minimum absolute atomic E-state index is 0.0695. The Morgan fingerprint density at radius 3 is 2.47 bits per heavy atom. The SMILES string of the molecule is CCNCCC(=O)NC(CC)c1ccc(OC)cc1. The molecule has 0 aliphatic rings. The van der Waals surface area contributed by atoms with Gasteiger partial charge in [-0.1, -0.05) is 26.0 Å². The summed E-state index contributed by atoms with van der Waals surface area (Å²) in [6.07, 6.45) is 1.39. The lowest BCUT2D eigenvalue weighted by Crippen LogP contribution is -2.30. The molecule has 0 fully saturated rings. The Labute approximate surface area is 115 Å². The quantitative estimate of drug-likeness (QED) is 0.708. The van der Waals surface area contributed by atoms with Crippen LogP contribution in [0, 0.1) is 0 Å². The summed E-state index contributed by atoms with van der Waals surface area (Å²) in [5.41, 5.74) is 1.11. The van der Waals surface area contributed by atoms with Crippen molar-refractivity contribution in [3.63, 3.8) is 0 Å². The van der Waals surface area contributed by atoms with Crippen LogP contribution < -0.4 is 15.4 Å². The summed E-state index contributed by atoms with van der Waals surface area (Å²) < 4.78 is 5.13. The van der Waals surface area contributed by atoms with Gasteiger partial charge in [-0.2, -0.15) is 0 Å². The maximum absolute atomic E-state index is 11.8. The van der Waals surface area contributed by atoms with Gasteiger partial charge in [0.1, 0.15) is 5.75 Å². The van der Waals surface area contributed by atoms with Crippen LogP contribution in [0.4, 0.5) is 0 Å².